The number of aromatic nitrogens is 2. The van der Waals surface area contributed by atoms with Crippen LogP contribution >= 0.6 is 15.9 Å². The summed E-state index contributed by atoms with van der Waals surface area (Å²) >= 11 is 3.54. The van der Waals surface area contributed by atoms with Gasteiger partial charge in [0.05, 0.1) is 17.7 Å². The molecule has 0 spiro atoms. The molecule has 0 saturated carbocycles. The Bertz CT molecular complexity index is 654. The van der Waals surface area contributed by atoms with Crippen LogP contribution in [-0.4, -0.2) is 26.7 Å². The molecule has 1 aliphatic heterocycles. The number of nitrogens with zero attached hydrogens (tertiary/aromatic N) is 2. The number of carboxylic acid groups (broad SMARTS) is 1. The molecule has 1 aromatic carbocycles. The van der Waals surface area contributed by atoms with E-state index in [4.69, 9.17) is 5.11 Å². The highest BCUT2D eigenvalue weighted by molar-refractivity contribution is 9.10. The maximum absolute atomic E-state index is 11.0. The SMILES string of the molecule is O=C(O)C1Cc2ncn(Cc3ccccc3Br)c2CN1. The van der Waals surface area contributed by atoms with Crippen molar-refractivity contribution >= 4 is 21.9 Å². The molecular weight excluding hydrogens is 322 g/mol. The molecule has 2 heterocycles. The Balaban J connectivity index is 1.84. The van der Waals surface area contributed by atoms with Crippen LogP contribution in [0.1, 0.15) is 17.0 Å². The Morgan fingerprint density at radius 2 is 2.30 bits per heavy atom. The average molecular weight is 336 g/mol. The van der Waals surface area contributed by atoms with Crippen molar-refractivity contribution in [3.8, 4) is 0 Å². The van der Waals surface area contributed by atoms with Gasteiger partial charge >= 0.3 is 5.97 Å². The van der Waals surface area contributed by atoms with Gasteiger partial charge in [0.1, 0.15) is 6.04 Å². The van der Waals surface area contributed by atoms with E-state index >= 15 is 0 Å². The third kappa shape index (κ3) is 2.48. The summed E-state index contributed by atoms with van der Waals surface area (Å²) in [4.78, 5) is 15.4. The Kier molecular flexibility index (Phi) is 3.58. The molecule has 0 radical (unpaired) electrons. The molecule has 6 heteroatoms. The molecular formula is C14H14BrN3O2. The molecule has 1 aromatic heterocycles. The molecule has 0 saturated heterocycles. The Hall–Kier alpha value is -1.66. The first kappa shape index (κ1) is 13.3. The number of benzene rings is 1. The first-order valence-corrected chi connectivity index (χ1v) is 7.17. The predicted molar refractivity (Wildman–Crippen MR) is 77.4 cm³/mol. The van der Waals surface area contributed by atoms with Crippen LogP contribution in [0.3, 0.4) is 0 Å². The molecule has 0 amide bonds. The van der Waals surface area contributed by atoms with Crippen molar-refractivity contribution in [2.24, 2.45) is 0 Å². The molecule has 2 N–H and O–H groups in total. The standard InChI is InChI=1S/C14H14BrN3O2/c15-10-4-2-1-3-9(10)7-18-8-17-11-5-12(14(19)20)16-6-13(11)18/h1-4,8,12,16H,5-7H2,(H,19,20). The van der Waals surface area contributed by atoms with E-state index in [1.807, 2.05) is 18.2 Å². The fourth-order valence-electron chi connectivity index (χ4n) is 2.43. The van der Waals surface area contributed by atoms with Gasteiger partial charge in [0.25, 0.3) is 0 Å². The fraction of sp³-hybridized carbons (Fsp3) is 0.286. The first-order chi connectivity index (χ1) is 9.65. The summed E-state index contributed by atoms with van der Waals surface area (Å²) in [6.45, 7) is 1.26. The van der Waals surface area contributed by atoms with E-state index in [1.165, 1.54) is 5.56 Å². The minimum atomic E-state index is -0.823. The molecule has 0 aliphatic carbocycles. The van der Waals surface area contributed by atoms with Crippen LogP contribution in [0.15, 0.2) is 35.1 Å². The van der Waals surface area contributed by atoms with Gasteiger partial charge in [0, 0.05) is 24.0 Å². The number of nitrogens with one attached hydrogen (secondary N) is 1. The van der Waals surface area contributed by atoms with Gasteiger partial charge in [0.15, 0.2) is 0 Å². The summed E-state index contributed by atoms with van der Waals surface area (Å²) in [5, 5.41) is 12.1. The molecule has 1 aliphatic rings. The minimum Gasteiger partial charge on any atom is -0.480 e. The fourth-order valence-corrected chi connectivity index (χ4v) is 2.84. The number of hydrogen-bond acceptors (Lipinski definition) is 3. The van der Waals surface area contributed by atoms with Crippen LogP contribution < -0.4 is 5.32 Å². The molecule has 0 fully saturated rings. The maximum Gasteiger partial charge on any atom is 0.321 e. The van der Waals surface area contributed by atoms with Crippen LogP contribution in [0.4, 0.5) is 0 Å². The number of aliphatic carboxylic acids is 1. The highest BCUT2D eigenvalue weighted by Crippen LogP contribution is 2.21. The number of halogens is 1. The molecule has 20 heavy (non-hydrogen) atoms. The van der Waals surface area contributed by atoms with Gasteiger partial charge in [0.2, 0.25) is 0 Å². The zero-order valence-corrected chi connectivity index (χ0v) is 12.3. The summed E-state index contributed by atoms with van der Waals surface area (Å²) in [7, 11) is 0. The van der Waals surface area contributed by atoms with Crippen LogP contribution in [-0.2, 0) is 24.3 Å². The number of imidazole rings is 1. The second-order valence-electron chi connectivity index (χ2n) is 4.83. The molecule has 0 bridgehead atoms. The van der Waals surface area contributed by atoms with Crippen LogP contribution in [0.5, 0.6) is 0 Å². The summed E-state index contributed by atoms with van der Waals surface area (Å²) in [6.07, 6.45) is 2.23. The van der Waals surface area contributed by atoms with Gasteiger partial charge in [-0.15, -0.1) is 0 Å². The van der Waals surface area contributed by atoms with Crippen molar-refractivity contribution in [3.05, 3.63) is 52.0 Å². The topological polar surface area (TPSA) is 67.1 Å². The molecule has 1 atom stereocenters. The van der Waals surface area contributed by atoms with E-state index < -0.39 is 12.0 Å². The molecule has 2 aromatic rings. The zero-order valence-electron chi connectivity index (χ0n) is 10.7. The Labute approximate surface area is 124 Å². The number of fused-ring (bicyclic) bond motifs is 1. The van der Waals surface area contributed by atoms with Crippen LogP contribution in [0.2, 0.25) is 0 Å². The lowest BCUT2D eigenvalue weighted by Crippen LogP contribution is -2.42. The van der Waals surface area contributed by atoms with Gasteiger partial charge in [-0.1, -0.05) is 34.1 Å². The monoisotopic (exact) mass is 335 g/mol. The summed E-state index contributed by atoms with van der Waals surface area (Å²) < 4.78 is 3.13. The van der Waals surface area contributed by atoms with E-state index in [-0.39, 0.29) is 0 Å². The van der Waals surface area contributed by atoms with Crippen molar-refractivity contribution in [3.63, 3.8) is 0 Å². The van der Waals surface area contributed by atoms with Crippen molar-refractivity contribution in [2.75, 3.05) is 0 Å². The van der Waals surface area contributed by atoms with Crippen molar-refractivity contribution < 1.29 is 9.90 Å². The molecule has 3 rings (SSSR count). The molecule has 1 unspecified atom stereocenters. The van der Waals surface area contributed by atoms with Crippen LogP contribution in [0, 0.1) is 0 Å². The van der Waals surface area contributed by atoms with E-state index in [0.717, 1.165) is 22.4 Å². The number of carbonyl (C=O) groups is 1. The zero-order chi connectivity index (χ0) is 14.1. The van der Waals surface area contributed by atoms with Crippen molar-refractivity contribution in [1.29, 1.82) is 0 Å². The second-order valence-corrected chi connectivity index (χ2v) is 5.69. The van der Waals surface area contributed by atoms with Crippen molar-refractivity contribution in [2.45, 2.75) is 25.6 Å². The van der Waals surface area contributed by atoms with E-state index in [9.17, 15) is 4.79 Å². The maximum atomic E-state index is 11.0. The van der Waals surface area contributed by atoms with Gasteiger partial charge in [-0.3, -0.25) is 10.1 Å². The van der Waals surface area contributed by atoms with Crippen molar-refractivity contribution in [1.82, 2.24) is 14.9 Å². The predicted octanol–water partition coefficient (Wildman–Crippen LogP) is 1.79. The Morgan fingerprint density at radius 1 is 1.50 bits per heavy atom. The summed E-state index contributed by atoms with van der Waals surface area (Å²) in [5.41, 5.74) is 3.12. The lowest BCUT2D eigenvalue weighted by atomic mass is 10.1. The quantitative estimate of drug-likeness (QED) is 0.897. The summed E-state index contributed by atoms with van der Waals surface area (Å²) in [5.74, 6) is -0.823. The lowest BCUT2D eigenvalue weighted by Gasteiger charge is -2.21. The highest BCUT2D eigenvalue weighted by Gasteiger charge is 2.26. The van der Waals surface area contributed by atoms with Gasteiger partial charge in [-0.05, 0) is 11.6 Å². The Morgan fingerprint density at radius 3 is 3.05 bits per heavy atom. The average Bonchev–Trinajstić information content (AvgIpc) is 2.84. The lowest BCUT2D eigenvalue weighted by molar-refractivity contribution is -0.139. The third-order valence-electron chi connectivity index (χ3n) is 3.54. The smallest absolute Gasteiger partial charge is 0.321 e. The van der Waals surface area contributed by atoms with Crippen LogP contribution in [0.25, 0.3) is 0 Å². The summed E-state index contributed by atoms with van der Waals surface area (Å²) in [6, 6.07) is 7.52. The number of hydrogen-bond donors (Lipinski definition) is 2. The number of rotatable bonds is 3. The second kappa shape index (κ2) is 5.38. The van der Waals surface area contributed by atoms with E-state index in [1.54, 1.807) is 6.33 Å². The van der Waals surface area contributed by atoms with Gasteiger partial charge < -0.3 is 9.67 Å². The first-order valence-electron chi connectivity index (χ1n) is 6.37. The normalized spacial score (nSPS) is 17.8. The molecule has 104 valence electrons. The molecule has 5 nitrogen and oxygen atoms in total. The minimum absolute atomic E-state index is 0.438. The van der Waals surface area contributed by atoms with Gasteiger partial charge in [-0.25, -0.2) is 4.98 Å². The van der Waals surface area contributed by atoms with E-state index in [0.29, 0.717) is 13.0 Å². The highest BCUT2D eigenvalue weighted by atomic mass is 79.9. The van der Waals surface area contributed by atoms with Gasteiger partial charge in [-0.2, -0.15) is 0 Å². The third-order valence-corrected chi connectivity index (χ3v) is 4.32. The largest absolute Gasteiger partial charge is 0.480 e. The number of carboxylic acids is 1. The van der Waals surface area contributed by atoms with E-state index in [2.05, 4.69) is 36.9 Å².